The van der Waals surface area contributed by atoms with Gasteiger partial charge in [-0.25, -0.2) is 4.58 Å². The van der Waals surface area contributed by atoms with E-state index in [2.05, 4.69) is 35.9 Å². The molecule has 0 amide bonds. The van der Waals surface area contributed by atoms with Crippen LogP contribution in [-0.2, 0) is 0 Å². The molecule has 4 nitrogen and oxygen atoms in total. The van der Waals surface area contributed by atoms with Gasteiger partial charge in [0.15, 0.2) is 6.54 Å². The van der Waals surface area contributed by atoms with Crippen LogP contribution in [0, 0.1) is 0 Å². The smallest absolute Gasteiger partial charge is 0.154 e. The molecule has 0 aromatic carbocycles. The molecule has 15 heavy (non-hydrogen) atoms. The summed E-state index contributed by atoms with van der Waals surface area (Å²) in [6.45, 7) is 10.4. The Balaban J connectivity index is 3.77. The Labute approximate surface area is 94.6 Å². The van der Waals surface area contributed by atoms with E-state index in [-0.39, 0.29) is 0 Å². The lowest BCUT2D eigenvalue weighted by Crippen LogP contribution is -2.38. The van der Waals surface area contributed by atoms with Crippen molar-refractivity contribution in [2.75, 3.05) is 67.5 Å². The minimum atomic E-state index is 1.02. The van der Waals surface area contributed by atoms with Crippen molar-refractivity contribution in [2.24, 2.45) is 0 Å². The van der Waals surface area contributed by atoms with Gasteiger partial charge < -0.3 is 10.2 Å². The zero-order valence-corrected chi connectivity index (χ0v) is 10.8. The summed E-state index contributed by atoms with van der Waals surface area (Å²) in [6, 6.07) is 0. The minimum absolute atomic E-state index is 1.02. The van der Waals surface area contributed by atoms with E-state index < -0.39 is 0 Å². The molecule has 0 fully saturated rings. The van der Waals surface area contributed by atoms with E-state index in [1.54, 1.807) is 0 Å². The fourth-order valence-electron chi connectivity index (χ4n) is 1.26. The van der Waals surface area contributed by atoms with Gasteiger partial charge in [-0.3, -0.25) is 4.90 Å². The summed E-state index contributed by atoms with van der Waals surface area (Å²) in [7, 11) is 8.24. The van der Waals surface area contributed by atoms with Crippen molar-refractivity contribution in [3.05, 3.63) is 0 Å². The van der Waals surface area contributed by atoms with Gasteiger partial charge in [-0.05, 0) is 21.1 Å². The normalized spacial score (nSPS) is 11.3. The van der Waals surface area contributed by atoms with Crippen LogP contribution in [0.15, 0.2) is 0 Å². The van der Waals surface area contributed by atoms with E-state index in [0.29, 0.717) is 0 Å². The average Bonchev–Trinajstić information content (AvgIpc) is 2.16. The molecule has 1 N–H and O–H groups in total. The summed E-state index contributed by atoms with van der Waals surface area (Å²) in [4.78, 5) is 4.69. The number of hydrogen-bond acceptors (Lipinski definition) is 3. The number of hydrogen-bond donors (Lipinski definition) is 1. The Kier molecular flexibility index (Phi) is 8.56. The largest absolute Gasteiger partial charge is 0.318 e. The van der Waals surface area contributed by atoms with Crippen molar-refractivity contribution < 1.29 is 4.58 Å². The molecule has 0 aliphatic heterocycles. The molecule has 0 aromatic heterocycles. The highest BCUT2D eigenvalue weighted by Gasteiger charge is 2.06. The standard InChI is InChI=1S/C11H27N4/c1-12-6-7-15(10-8-13(2)3)11-9-14(4)5/h12H,2,6-11H2,1,3-5H3/q+1. The summed E-state index contributed by atoms with van der Waals surface area (Å²) in [5.74, 6) is 0. The first-order valence-electron chi connectivity index (χ1n) is 5.59. The van der Waals surface area contributed by atoms with Gasteiger partial charge in [0.25, 0.3) is 0 Å². The maximum atomic E-state index is 3.87. The molecule has 0 saturated heterocycles. The second-order valence-electron chi connectivity index (χ2n) is 4.33. The summed E-state index contributed by atoms with van der Waals surface area (Å²) in [5, 5.41) is 3.19. The highest BCUT2D eigenvalue weighted by Crippen LogP contribution is 1.88. The molecule has 0 heterocycles. The topological polar surface area (TPSA) is 21.5 Å². The fraction of sp³-hybridized carbons (Fsp3) is 0.909. The van der Waals surface area contributed by atoms with Crippen molar-refractivity contribution in [3.8, 4) is 0 Å². The Morgan fingerprint density at radius 3 is 2.27 bits per heavy atom. The van der Waals surface area contributed by atoms with Crippen LogP contribution in [0.3, 0.4) is 0 Å². The predicted octanol–water partition coefficient (Wildman–Crippen LogP) is -0.588. The number of nitrogens with zero attached hydrogens (tertiary/aromatic N) is 3. The summed E-state index contributed by atoms with van der Waals surface area (Å²) in [6.07, 6.45) is 0. The molecular weight excluding hydrogens is 188 g/mol. The van der Waals surface area contributed by atoms with Crippen LogP contribution in [0.25, 0.3) is 0 Å². The summed E-state index contributed by atoms with van der Waals surface area (Å²) < 4.78 is 1.99. The van der Waals surface area contributed by atoms with Gasteiger partial charge in [0.1, 0.15) is 13.8 Å². The monoisotopic (exact) mass is 215 g/mol. The van der Waals surface area contributed by atoms with Crippen LogP contribution in [0.1, 0.15) is 0 Å². The molecule has 0 atom stereocenters. The fourth-order valence-corrected chi connectivity index (χ4v) is 1.26. The lowest BCUT2D eigenvalue weighted by atomic mass is 10.4. The third kappa shape index (κ3) is 9.85. The lowest BCUT2D eigenvalue weighted by molar-refractivity contribution is -0.488. The van der Waals surface area contributed by atoms with E-state index >= 15 is 0 Å². The molecule has 0 unspecified atom stereocenters. The molecule has 90 valence electrons. The van der Waals surface area contributed by atoms with Crippen LogP contribution in [0.2, 0.25) is 0 Å². The molecule has 0 rings (SSSR count). The highest BCUT2D eigenvalue weighted by atomic mass is 15.2. The van der Waals surface area contributed by atoms with Crippen molar-refractivity contribution in [1.29, 1.82) is 0 Å². The van der Waals surface area contributed by atoms with Gasteiger partial charge in [0.2, 0.25) is 0 Å². The van der Waals surface area contributed by atoms with Crippen LogP contribution in [-0.4, -0.2) is 88.6 Å². The van der Waals surface area contributed by atoms with Gasteiger partial charge in [-0.1, -0.05) is 0 Å². The number of likely N-dealkylation sites (N-methyl/N-ethyl adjacent to an activating group) is 3. The molecule has 0 aliphatic carbocycles. The minimum Gasteiger partial charge on any atom is -0.318 e. The molecule has 0 radical (unpaired) electrons. The number of nitrogens with one attached hydrogen (secondary N) is 1. The second-order valence-corrected chi connectivity index (χ2v) is 4.33. The van der Waals surface area contributed by atoms with Crippen LogP contribution in [0.5, 0.6) is 0 Å². The molecule has 0 aromatic rings. The van der Waals surface area contributed by atoms with E-state index in [0.717, 1.165) is 39.3 Å². The third-order valence-electron chi connectivity index (χ3n) is 2.34. The molecule has 0 saturated carbocycles. The van der Waals surface area contributed by atoms with E-state index in [1.807, 2.05) is 18.7 Å². The Hall–Kier alpha value is -0.450. The molecule has 0 aliphatic rings. The van der Waals surface area contributed by atoms with Gasteiger partial charge in [-0.15, -0.1) is 0 Å². The van der Waals surface area contributed by atoms with Gasteiger partial charge in [-0.2, -0.15) is 0 Å². The summed E-state index contributed by atoms with van der Waals surface area (Å²) >= 11 is 0. The quantitative estimate of drug-likeness (QED) is 0.410. The summed E-state index contributed by atoms with van der Waals surface area (Å²) in [5.41, 5.74) is 0. The van der Waals surface area contributed by atoms with Gasteiger partial charge in [0.05, 0.1) is 6.54 Å². The Bertz CT molecular complexity index is 168. The van der Waals surface area contributed by atoms with E-state index in [4.69, 9.17) is 0 Å². The van der Waals surface area contributed by atoms with Crippen LogP contribution < -0.4 is 5.32 Å². The second kappa shape index (κ2) is 8.83. The van der Waals surface area contributed by atoms with Gasteiger partial charge in [0, 0.05) is 26.2 Å². The maximum Gasteiger partial charge on any atom is 0.154 e. The Morgan fingerprint density at radius 2 is 1.80 bits per heavy atom. The van der Waals surface area contributed by atoms with Crippen molar-refractivity contribution in [1.82, 2.24) is 15.1 Å². The van der Waals surface area contributed by atoms with Crippen molar-refractivity contribution in [2.45, 2.75) is 0 Å². The third-order valence-corrected chi connectivity index (χ3v) is 2.34. The molecule has 0 spiro atoms. The maximum absolute atomic E-state index is 3.87. The lowest BCUT2D eigenvalue weighted by Gasteiger charge is -2.22. The van der Waals surface area contributed by atoms with Crippen LogP contribution in [0.4, 0.5) is 0 Å². The molecule has 0 bridgehead atoms. The average molecular weight is 215 g/mol. The predicted molar refractivity (Wildman–Crippen MR) is 67.1 cm³/mol. The zero-order valence-electron chi connectivity index (χ0n) is 10.8. The first-order chi connectivity index (χ1) is 7.06. The first-order valence-corrected chi connectivity index (χ1v) is 5.59. The van der Waals surface area contributed by atoms with Crippen molar-refractivity contribution >= 4 is 6.72 Å². The Morgan fingerprint density at radius 1 is 1.13 bits per heavy atom. The van der Waals surface area contributed by atoms with Gasteiger partial charge >= 0.3 is 0 Å². The zero-order chi connectivity index (χ0) is 11.7. The number of rotatable bonds is 9. The SMILES string of the molecule is C=[N+](C)CCN(CCNC)CCN(C)C. The molecule has 4 heteroatoms. The van der Waals surface area contributed by atoms with Crippen molar-refractivity contribution in [3.63, 3.8) is 0 Å². The van der Waals surface area contributed by atoms with E-state index in [9.17, 15) is 0 Å². The highest BCUT2D eigenvalue weighted by molar-refractivity contribution is 5.14. The molecular formula is C11H27N4+. The first kappa shape index (κ1) is 14.6. The van der Waals surface area contributed by atoms with Crippen LogP contribution >= 0.6 is 0 Å². The van der Waals surface area contributed by atoms with E-state index in [1.165, 1.54) is 0 Å².